The second-order valence-electron chi connectivity index (χ2n) is 1.69. The number of aliphatic hydroxyl groups excluding tert-OH is 1. The average Bonchev–Trinajstić information content (AvgIpc) is 1.82. The number of guanidine groups is 1. The summed E-state index contributed by atoms with van der Waals surface area (Å²) in [6.45, 7) is 3.06. The average molecular weight is 131 g/mol. The predicted molar refractivity (Wildman–Crippen MR) is 36.2 cm³/mol. The standard InChI is InChI=1S/C5H13N3O/c1-2-8(3-4-9)5(6)7/h9H,2-4H2,1H3,(H3,6,7). The number of rotatable bonds is 3. The third-order valence-electron chi connectivity index (χ3n) is 1.09. The van der Waals surface area contributed by atoms with Crippen molar-refractivity contribution in [3.05, 3.63) is 0 Å². The Morgan fingerprint density at radius 3 is 2.44 bits per heavy atom. The lowest BCUT2D eigenvalue weighted by atomic mass is 10.5. The minimum absolute atomic E-state index is 0.0200. The van der Waals surface area contributed by atoms with E-state index in [0.29, 0.717) is 13.1 Å². The fourth-order valence-electron chi connectivity index (χ4n) is 0.570. The summed E-state index contributed by atoms with van der Waals surface area (Å²) in [4.78, 5) is 1.58. The molecule has 0 aromatic carbocycles. The van der Waals surface area contributed by atoms with E-state index < -0.39 is 0 Å². The van der Waals surface area contributed by atoms with Crippen molar-refractivity contribution < 1.29 is 5.11 Å². The van der Waals surface area contributed by atoms with Gasteiger partial charge in [-0.25, -0.2) is 0 Å². The Kier molecular flexibility index (Phi) is 3.79. The third kappa shape index (κ3) is 2.92. The smallest absolute Gasteiger partial charge is 0.188 e. The summed E-state index contributed by atoms with van der Waals surface area (Å²) in [7, 11) is 0. The molecule has 0 heterocycles. The Balaban J connectivity index is 3.54. The van der Waals surface area contributed by atoms with Gasteiger partial charge in [-0.3, -0.25) is 5.41 Å². The molecule has 4 heteroatoms. The van der Waals surface area contributed by atoms with Crippen LogP contribution < -0.4 is 5.73 Å². The van der Waals surface area contributed by atoms with Crippen molar-refractivity contribution in [1.29, 1.82) is 5.41 Å². The van der Waals surface area contributed by atoms with Gasteiger partial charge in [-0.1, -0.05) is 0 Å². The molecule has 0 rings (SSSR count). The van der Waals surface area contributed by atoms with Crippen LogP contribution in [0.4, 0.5) is 0 Å². The number of hydrogen-bond acceptors (Lipinski definition) is 2. The molecule has 0 spiro atoms. The highest BCUT2D eigenvalue weighted by Gasteiger charge is 1.99. The summed E-state index contributed by atoms with van der Waals surface area (Å²) in [6.07, 6.45) is 0. The van der Waals surface area contributed by atoms with E-state index in [9.17, 15) is 0 Å². The topological polar surface area (TPSA) is 73.3 Å². The highest BCUT2D eigenvalue weighted by Crippen LogP contribution is 1.82. The SMILES string of the molecule is CCN(CCO)C(=N)N. The maximum atomic E-state index is 8.42. The molecule has 4 nitrogen and oxygen atoms in total. The molecule has 0 aromatic heterocycles. The van der Waals surface area contributed by atoms with Crippen molar-refractivity contribution >= 4 is 5.96 Å². The second-order valence-corrected chi connectivity index (χ2v) is 1.69. The van der Waals surface area contributed by atoms with Gasteiger partial charge < -0.3 is 15.7 Å². The number of nitrogens with one attached hydrogen (secondary N) is 1. The number of likely N-dealkylation sites (N-methyl/N-ethyl adjacent to an activating group) is 1. The lowest BCUT2D eigenvalue weighted by Crippen LogP contribution is -2.38. The Morgan fingerprint density at radius 1 is 1.78 bits per heavy atom. The summed E-state index contributed by atoms with van der Waals surface area (Å²) >= 11 is 0. The summed E-state index contributed by atoms with van der Waals surface area (Å²) in [6, 6.07) is 0. The van der Waals surface area contributed by atoms with E-state index in [1.54, 1.807) is 4.90 Å². The molecule has 4 N–H and O–H groups in total. The third-order valence-corrected chi connectivity index (χ3v) is 1.09. The highest BCUT2D eigenvalue weighted by atomic mass is 16.3. The number of nitrogens with zero attached hydrogens (tertiary/aromatic N) is 1. The Labute approximate surface area is 54.8 Å². The van der Waals surface area contributed by atoms with E-state index in [1.165, 1.54) is 0 Å². The van der Waals surface area contributed by atoms with Crippen molar-refractivity contribution in [1.82, 2.24) is 4.90 Å². The molecule has 0 amide bonds. The quantitative estimate of drug-likeness (QED) is 0.346. The first-order valence-corrected chi connectivity index (χ1v) is 2.92. The maximum absolute atomic E-state index is 8.42. The van der Waals surface area contributed by atoms with Crippen LogP contribution in [0.15, 0.2) is 0 Å². The van der Waals surface area contributed by atoms with Crippen LogP contribution in [-0.2, 0) is 0 Å². The molecule has 0 fully saturated rings. The van der Waals surface area contributed by atoms with E-state index in [2.05, 4.69) is 0 Å². The van der Waals surface area contributed by atoms with Crippen molar-refractivity contribution in [2.24, 2.45) is 5.73 Å². The Morgan fingerprint density at radius 2 is 2.33 bits per heavy atom. The molecule has 0 radical (unpaired) electrons. The largest absolute Gasteiger partial charge is 0.395 e. The normalized spacial score (nSPS) is 9.11. The Hall–Kier alpha value is -0.770. The fraction of sp³-hybridized carbons (Fsp3) is 0.800. The molecule has 0 unspecified atom stereocenters. The van der Waals surface area contributed by atoms with Crippen LogP contribution in [0.3, 0.4) is 0 Å². The van der Waals surface area contributed by atoms with Gasteiger partial charge in [0, 0.05) is 13.1 Å². The number of nitrogens with two attached hydrogens (primary N) is 1. The van der Waals surface area contributed by atoms with Crippen LogP contribution in [0.25, 0.3) is 0 Å². The number of aliphatic hydroxyl groups is 1. The van der Waals surface area contributed by atoms with Gasteiger partial charge in [-0.2, -0.15) is 0 Å². The molecule has 0 aliphatic heterocycles. The molecule has 0 saturated heterocycles. The minimum atomic E-state index is 0.0200. The Bertz CT molecular complexity index is 94.2. The van der Waals surface area contributed by atoms with Gasteiger partial charge in [0.2, 0.25) is 0 Å². The van der Waals surface area contributed by atoms with Crippen molar-refractivity contribution in [2.45, 2.75) is 6.92 Å². The number of hydrogen-bond donors (Lipinski definition) is 3. The first-order chi connectivity index (χ1) is 4.22. The van der Waals surface area contributed by atoms with E-state index in [0.717, 1.165) is 0 Å². The summed E-state index contributed by atoms with van der Waals surface area (Å²) in [5, 5.41) is 15.4. The van der Waals surface area contributed by atoms with Crippen LogP contribution in [-0.4, -0.2) is 35.7 Å². The van der Waals surface area contributed by atoms with Gasteiger partial charge in [-0.05, 0) is 6.92 Å². The molecule has 9 heavy (non-hydrogen) atoms. The van der Waals surface area contributed by atoms with Gasteiger partial charge in [0.1, 0.15) is 0 Å². The van der Waals surface area contributed by atoms with E-state index in [-0.39, 0.29) is 12.6 Å². The monoisotopic (exact) mass is 131 g/mol. The zero-order valence-corrected chi connectivity index (χ0v) is 5.59. The van der Waals surface area contributed by atoms with Gasteiger partial charge in [0.15, 0.2) is 5.96 Å². The van der Waals surface area contributed by atoms with Crippen LogP contribution >= 0.6 is 0 Å². The predicted octanol–water partition coefficient (Wildman–Crippen LogP) is -0.806. The molecule has 0 bridgehead atoms. The van der Waals surface area contributed by atoms with Crippen molar-refractivity contribution in [2.75, 3.05) is 19.7 Å². The first kappa shape index (κ1) is 8.23. The van der Waals surface area contributed by atoms with Crippen LogP contribution in [0.2, 0.25) is 0 Å². The maximum Gasteiger partial charge on any atom is 0.188 e. The van der Waals surface area contributed by atoms with Crippen LogP contribution in [0.1, 0.15) is 6.92 Å². The summed E-state index contributed by atoms with van der Waals surface area (Å²) in [5.41, 5.74) is 5.13. The van der Waals surface area contributed by atoms with Crippen LogP contribution in [0.5, 0.6) is 0 Å². The molecule has 0 aliphatic carbocycles. The van der Waals surface area contributed by atoms with E-state index >= 15 is 0 Å². The van der Waals surface area contributed by atoms with Gasteiger partial charge in [0.25, 0.3) is 0 Å². The summed E-state index contributed by atoms with van der Waals surface area (Å²) < 4.78 is 0. The zero-order valence-electron chi connectivity index (χ0n) is 5.59. The van der Waals surface area contributed by atoms with Gasteiger partial charge in [0.05, 0.1) is 6.61 Å². The van der Waals surface area contributed by atoms with Crippen LogP contribution in [0, 0.1) is 5.41 Å². The molecule has 0 aliphatic rings. The summed E-state index contributed by atoms with van der Waals surface area (Å²) in [5.74, 6) is 0.0200. The van der Waals surface area contributed by atoms with E-state index in [4.69, 9.17) is 16.2 Å². The van der Waals surface area contributed by atoms with Crippen molar-refractivity contribution in [3.8, 4) is 0 Å². The lowest BCUT2D eigenvalue weighted by Gasteiger charge is -2.18. The lowest BCUT2D eigenvalue weighted by molar-refractivity contribution is 0.251. The molecule has 54 valence electrons. The second kappa shape index (κ2) is 4.14. The van der Waals surface area contributed by atoms with Crippen molar-refractivity contribution in [3.63, 3.8) is 0 Å². The fourth-order valence-corrected chi connectivity index (χ4v) is 0.570. The van der Waals surface area contributed by atoms with Gasteiger partial charge >= 0.3 is 0 Å². The highest BCUT2D eigenvalue weighted by molar-refractivity contribution is 5.74. The first-order valence-electron chi connectivity index (χ1n) is 2.92. The molecule has 0 saturated carbocycles. The molecular formula is C5H13N3O. The molecule has 0 aromatic rings. The van der Waals surface area contributed by atoms with E-state index in [1.807, 2.05) is 6.92 Å². The van der Waals surface area contributed by atoms with Gasteiger partial charge in [-0.15, -0.1) is 0 Å². The molecule has 0 atom stereocenters. The minimum Gasteiger partial charge on any atom is -0.395 e. The molecular weight excluding hydrogens is 118 g/mol. The zero-order chi connectivity index (χ0) is 7.28.